The molecule has 0 radical (unpaired) electrons. The third-order valence-corrected chi connectivity index (χ3v) is 4.36. The molecule has 0 fully saturated rings. The molecule has 2 aromatic rings. The van der Waals surface area contributed by atoms with Gasteiger partial charge < -0.3 is 14.8 Å². The van der Waals surface area contributed by atoms with E-state index in [1.165, 1.54) is 0 Å². The lowest BCUT2D eigenvalue weighted by molar-refractivity contribution is 0.102. The molecule has 0 bridgehead atoms. The van der Waals surface area contributed by atoms with Gasteiger partial charge in [0.15, 0.2) is 0 Å². The summed E-state index contributed by atoms with van der Waals surface area (Å²) in [6.07, 6.45) is 1.58. The smallest absolute Gasteiger partial charge is 0.259 e. The van der Waals surface area contributed by atoms with Crippen LogP contribution in [0.25, 0.3) is 0 Å². The number of rotatable bonds is 2. The molecule has 0 atom stereocenters. The van der Waals surface area contributed by atoms with Crippen molar-refractivity contribution >= 4 is 11.6 Å². The van der Waals surface area contributed by atoms with E-state index in [2.05, 4.69) is 11.4 Å². The Bertz CT molecular complexity index is 758. The number of amides is 1. The number of hydrogen-bond acceptors (Lipinski definition) is 3. The largest absolute Gasteiger partial charge is 0.493 e. The van der Waals surface area contributed by atoms with Gasteiger partial charge in [-0.05, 0) is 43.2 Å². The first-order valence-electron chi connectivity index (χ1n) is 7.96. The molecule has 2 aromatic carbocycles. The predicted octanol–water partition coefficient (Wildman–Crippen LogP) is 3.43. The van der Waals surface area contributed by atoms with Crippen molar-refractivity contribution in [3.8, 4) is 11.5 Å². The van der Waals surface area contributed by atoms with Crippen LogP contribution in [0.2, 0.25) is 0 Å². The molecule has 2 aliphatic rings. The predicted molar refractivity (Wildman–Crippen MR) is 88.7 cm³/mol. The minimum absolute atomic E-state index is 0.115. The standard InChI is InChI=1S/C19H19NO3/c1-11-7-12(2)9-14(8-11)20-19(21)17-15-4-6-22-16(15)10-13-3-5-23-18(13)17/h7-10H,3-6H2,1-2H3,(H,20,21). The van der Waals surface area contributed by atoms with Crippen LogP contribution in [0, 0.1) is 13.8 Å². The Balaban J connectivity index is 1.74. The number of benzene rings is 2. The number of nitrogens with one attached hydrogen (secondary N) is 1. The quantitative estimate of drug-likeness (QED) is 0.924. The van der Waals surface area contributed by atoms with Gasteiger partial charge in [0.05, 0.1) is 18.8 Å². The van der Waals surface area contributed by atoms with Crippen LogP contribution in [0.3, 0.4) is 0 Å². The highest BCUT2D eigenvalue weighted by Crippen LogP contribution is 2.40. The highest BCUT2D eigenvalue weighted by atomic mass is 16.5. The normalized spacial score (nSPS) is 14.7. The molecular formula is C19H19NO3. The summed E-state index contributed by atoms with van der Waals surface area (Å²) in [5.74, 6) is 1.45. The van der Waals surface area contributed by atoms with Crippen LogP contribution in [0.5, 0.6) is 11.5 Å². The van der Waals surface area contributed by atoms with Crippen molar-refractivity contribution in [2.24, 2.45) is 0 Å². The molecule has 1 amide bonds. The van der Waals surface area contributed by atoms with Crippen molar-refractivity contribution in [1.29, 1.82) is 0 Å². The van der Waals surface area contributed by atoms with Crippen LogP contribution in [0.15, 0.2) is 24.3 Å². The van der Waals surface area contributed by atoms with E-state index in [9.17, 15) is 4.79 Å². The van der Waals surface area contributed by atoms with Crippen molar-refractivity contribution in [2.45, 2.75) is 26.7 Å². The third kappa shape index (κ3) is 2.44. The summed E-state index contributed by atoms with van der Waals surface area (Å²) in [6, 6.07) is 8.07. The molecule has 0 saturated heterocycles. The lowest BCUT2D eigenvalue weighted by Gasteiger charge is -2.13. The highest BCUT2D eigenvalue weighted by Gasteiger charge is 2.30. The van der Waals surface area contributed by atoms with Gasteiger partial charge in [0.2, 0.25) is 0 Å². The number of aryl methyl sites for hydroxylation is 2. The molecule has 0 aliphatic carbocycles. The zero-order valence-corrected chi connectivity index (χ0v) is 13.4. The Labute approximate surface area is 135 Å². The van der Waals surface area contributed by atoms with Gasteiger partial charge in [0.25, 0.3) is 5.91 Å². The summed E-state index contributed by atoms with van der Waals surface area (Å²) in [6.45, 7) is 5.30. The number of ether oxygens (including phenoxy) is 2. The number of carbonyl (C=O) groups excluding carboxylic acids is 1. The molecule has 4 nitrogen and oxygen atoms in total. The molecule has 2 heterocycles. The third-order valence-electron chi connectivity index (χ3n) is 4.36. The van der Waals surface area contributed by atoms with E-state index < -0.39 is 0 Å². The summed E-state index contributed by atoms with van der Waals surface area (Å²) in [5.41, 5.74) is 5.75. The Morgan fingerprint density at radius 1 is 1.00 bits per heavy atom. The average molecular weight is 309 g/mol. The summed E-state index contributed by atoms with van der Waals surface area (Å²) < 4.78 is 11.4. The SMILES string of the molecule is Cc1cc(C)cc(NC(=O)c2c3c(cc4c2OCC4)OCC3)c1. The van der Waals surface area contributed by atoms with Gasteiger partial charge in [-0.25, -0.2) is 0 Å². The fraction of sp³-hybridized carbons (Fsp3) is 0.316. The van der Waals surface area contributed by atoms with Crippen molar-refractivity contribution < 1.29 is 14.3 Å². The van der Waals surface area contributed by atoms with Crippen LogP contribution in [0.4, 0.5) is 5.69 Å². The maximum absolute atomic E-state index is 12.9. The lowest BCUT2D eigenvalue weighted by atomic mass is 9.99. The maximum atomic E-state index is 12.9. The van der Waals surface area contributed by atoms with E-state index >= 15 is 0 Å². The summed E-state index contributed by atoms with van der Waals surface area (Å²) in [7, 11) is 0. The fourth-order valence-electron chi connectivity index (χ4n) is 3.47. The fourth-order valence-corrected chi connectivity index (χ4v) is 3.47. The van der Waals surface area contributed by atoms with Crippen molar-refractivity contribution in [3.05, 3.63) is 52.1 Å². The van der Waals surface area contributed by atoms with Crippen molar-refractivity contribution in [3.63, 3.8) is 0 Å². The molecule has 0 spiro atoms. The number of anilines is 1. The molecule has 2 aliphatic heterocycles. The molecule has 0 saturated carbocycles. The molecule has 0 unspecified atom stereocenters. The van der Waals surface area contributed by atoms with Crippen LogP contribution < -0.4 is 14.8 Å². The minimum Gasteiger partial charge on any atom is -0.493 e. The topological polar surface area (TPSA) is 47.6 Å². The Morgan fingerprint density at radius 3 is 2.52 bits per heavy atom. The van der Waals surface area contributed by atoms with Crippen LogP contribution >= 0.6 is 0 Å². The van der Waals surface area contributed by atoms with Crippen molar-refractivity contribution in [1.82, 2.24) is 0 Å². The van der Waals surface area contributed by atoms with Gasteiger partial charge in [-0.1, -0.05) is 6.07 Å². The van der Waals surface area contributed by atoms with E-state index in [1.54, 1.807) is 0 Å². The lowest BCUT2D eigenvalue weighted by Crippen LogP contribution is -2.15. The first-order valence-corrected chi connectivity index (χ1v) is 7.96. The van der Waals surface area contributed by atoms with E-state index in [4.69, 9.17) is 9.47 Å². The number of carbonyl (C=O) groups is 1. The van der Waals surface area contributed by atoms with Gasteiger partial charge in [0, 0.05) is 29.7 Å². The van der Waals surface area contributed by atoms with E-state index in [0.717, 1.165) is 52.3 Å². The second-order valence-electron chi connectivity index (χ2n) is 6.24. The van der Waals surface area contributed by atoms with Crippen LogP contribution in [-0.2, 0) is 12.8 Å². The second kappa shape index (κ2) is 5.30. The molecule has 0 aromatic heterocycles. The minimum atomic E-state index is -0.115. The summed E-state index contributed by atoms with van der Waals surface area (Å²) in [4.78, 5) is 12.9. The van der Waals surface area contributed by atoms with E-state index in [-0.39, 0.29) is 5.91 Å². The summed E-state index contributed by atoms with van der Waals surface area (Å²) >= 11 is 0. The number of hydrogen-bond donors (Lipinski definition) is 1. The second-order valence-corrected chi connectivity index (χ2v) is 6.24. The van der Waals surface area contributed by atoms with E-state index in [1.807, 2.05) is 32.0 Å². The first kappa shape index (κ1) is 14.1. The average Bonchev–Trinajstić information content (AvgIpc) is 3.10. The molecule has 118 valence electrons. The van der Waals surface area contributed by atoms with Gasteiger partial charge in [-0.3, -0.25) is 4.79 Å². The Morgan fingerprint density at radius 2 is 1.74 bits per heavy atom. The van der Waals surface area contributed by atoms with Crippen LogP contribution in [-0.4, -0.2) is 19.1 Å². The van der Waals surface area contributed by atoms with Gasteiger partial charge in [-0.2, -0.15) is 0 Å². The highest BCUT2D eigenvalue weighted by molar-refractivity contribution is 6.08. The molecular weight excluding hydrogens is 290 g/mol. The Hall–Kier alpha value is -2.49. The number of fused-ring (bicyclic) bond motifs is 2. The zero-order chi connectivity index (χ0) is 16.0. The van der Waals surface area contributed by atoms with Gasteiger partial charge in [0.1, 0.15) is 11.5 Å². The zero-order valence-electron chi connectivity index (χ0n) is 13.4. The van der Waals surface area contributed by atoms with Gasteiger partial charge in [-0.15, -0.1) is 0 Å². The molecule has 23 heavy (non-hydrogen) atoms. The Kier molecular flexibility index (Phi) is 3.26. The maximum Gasteiger partial charge on any atom is 0.259 e. The molecule has 1 N–H and O–H groups in total. The monoisotopic (exact) mass is 309 g/mol. The summed E-state index contributed by atoms with van der Waals surface area (Å²) in [5, 5.41) is 3.02. The van der Waals surface area contributed by atoms with E-state index in [0.29, 0.717) is 18.8 Å². The molecule has 4 rings (SSSR count). The van der Waals surface area contributed by atoms with Crippen LogP contribution in [0.1, 0.15) is 32.6 Å². The van der Waals surface area contributed by atoms with Gasteiger partial charge >= 0.3 is 0 Å². The van der Waals surface area contributed by atoms with Crippen molar-refractivity contribution in [2.75, 3.05) is 18.5 Å². The molecule has 4 heteroatoms. The first-order chi connectivity index (χ1) is 11.1.